The number of nitrogens with one attached hydrogen (secondary N) is 1. The molecule has 3 rings (SSSR count). The van der Waals surface area contributed by atoms with Crippen molar-refractivity contribution in [2.45, 2.75) is 110 Å². The van der Waals surface area contributed by atoms with Crippen LogP contribution in [0.4, 0.5) is 5.95 Å². The fourth-order valence-electron chi connectivity index (χ4n) is 4.74. The molecule has 0 aliphatic heterocycles. The number of aryl methyl sites for hydroxylation is 1. The van der Waals surface area contributed by atoms with Crippen LogP contribution in [0.5, 0.6) is 5.75 Å². The number of rotatable bonds is 18. The number of phenolic OH excluding ortho intramolecular Hbond substituents is 1. The summed E-state index contributed by atoms with van der Waals surface area (Å²) in [7, 11) is 0. The van der Waals surface area contributed by atoms with Crippen LogP contribution in [0.2, 0.25) is 0 Å². The van der Waals surface area contributed by atoms with E-state index in [1.807, 2.05) is 24.3 Å². The van der Waals surface area contributed by atoms with Gasteiger partial charge in [-0.05, 0) is 24.6 Å². The number of anilines is 1. The molecule has 0 amide bonds. The van der Waals surface area contributed by atoms with Gasteiger partial charge in [0.25, 0.3) is 0 Å². The molecular weight excluding hydrogens is 418 g/mol. The van der Waals surface area contributed by atoms with Gasteiger partial charge >= 0.3 is 0 Å². The van der Waals surface area contributed by atoms with Crippen LogP contribution in [0.3, 0.4) is 0 Å². The Hall–Kier alpha value is -2.49. The van der Waals surface area contributed by atoms with Crippen molar-refractivity contribution in [1.29, 1.82) is 0 Å². The highest BCUT2D eigenvalue weighted by Gasteiger charge is 2.10. The van der Waals surface area contributed by atoms with Crippen molar-refractivity contribution in [2.75, 3.05) is 5.32 Å². The van der Waals surface area contributed by atoms with Gasteiger partial charge in [0.1, 0.15) is 5.75 Å². The second-order valence-electron chi connectivity index (χ2n) is 9.65. The van der Waals surface area contributed by atoms with Crippen LogP contribution in [0.15, 0.2) is 48.5 Å². The Morgan fingerprint density at radius 2 is 1.26 bits per heavy atom. The standard InChI is InChI=1S/C30H45N3O/c1-2-3-4-5-6-7-8-9-10-11-12-13-14-19-24-33-28-22-17-16-21-27(28)32-30(33)31-25-26-20-15-18-23-29(26)34/h15-18,20-23,34H,2-14,19,24-25H2,1H3,(H,31,32). The summed E-state index contributed by atoms with van der Waals surface area (Å²) in [5.41, 5.74) is 3.09. The van der Waals surface area contributed by atoms with Gasteiger partial charge in [-0.1, -0.05) is 121 Å². The first-order valence-corrected chi connectivity index (χ1v) is 13.8. The molecule has 2 aromatic carbocycles. The minimum absolute atomic E-state index is 0.324. The van der Waals surface area contributed by atoms with Crippen LogP contribution in [-0.2, 0) is 13.1 Å². The molecule has 0 aliphatic rings. The maximum absolute atomic E-state index is 10.1. The van der Waals surface area contributed by atoms with E-state index < -0.39 is 0 Å². The molecule has 0 saturated heterocycles. The number of hydrogen-bond acceptors (Lipinski definition) is 3. The molecule has 1 heterocycles. The smallest absolute Gasteiger partial charge is 0.204 e. The van der Waals surface area contributed by atoms with Gasteiger partial charge in [-0.2, -0.15) is 0 Å². The Morgan fingerprint density at radius 3 is 1.91 bits per heavy atom. The first-order chi connectivity index (χ1) is 16.8. The Morgan fingerprint density at radius 1 is 0.706 bits per heavy atom. The van der Waals surface area contributed by atoms with Crippen LogP contribution in [-0.4, -0.2) is 14.7 Å². The first-order valence-electron chi connectivity index (χ1n) is 13.8. The molecule has 4 nitrogen and oxygen atoms in total. The average molecular weight is 464 g/mol. The Balaban J connectivity index is 1.34. The van der Waals surface area contributed by atoms with Crippen molar-refractivity contribution in [2.24, 2.45) is 0 Å². The van der Waals surface area contributed by atoms with Gasteiger partial charge in [0, 0.05) is 18.7 Å². The minimum Gasteiger partial charge on any atom is -0.508 e. The molecule has 0 bridgehead atoms. The van der Waals surface area contributed by atoms with Crippen LogP contribution in [0.25, 0.3) is 11.0 Å². The lowest BCUT2D eigenvalue weighted by Gasteiger charge is -2.12. The zero-order valence-corrected chi connectivity index (χ0v) is 21.3. The third-order valence-corrected chi connectivity index (χ3v) is 6.82. The fourth-order valence-corrected chi connectivity index (χ4v) is 4.74. The molecule has 34 heavy (non-hydrogen) atoms. The normalized spacial score (nSPS) is 11.3. The Bertz CT molecular complexity index is 949. The number of aromatic nitrogens is 2. The highest BCUT2D eigenvalue weighted by molar-refractivity contribution is 5.78. The Kier molecular flexibility index (Phi) is 11.8. The first kappa shape index (κ1) is 26.1. The predicted molar refractivity (Wildman–Crippen MR) is 145 cm³/mol. The van der Waals surface area contributed by atoms with Gasteiger partial charge in [0.15, 0.2) is 0 Å². The molecule has 0 fully saturated rings. The number of phenols is 1. The lowest BCUT2D eigenvalue weighted by Crippen LogP contribution is -2.08. The van der Waals surface area contributed by atoms with Gasteiger partial charge in [-0.15, -0.1) is 0 Å². The second kappa shape index (κ2) is 15.4. The van der Waals surface area contributed by atoms with Crippen molar-refractivity contribution in [3.63, 3.8) is 0 Å². The lowest BCUT2D eigenvalue weighted by molar-refractivity contribution is 0.469. The van der Waals surface area contributed by atoms with E-state index in [9.17, 15) is 5.11 Å². The maximum Gasteiger partial charge on any atom is 0.204 e. The summed E-state index contributed by atoms with van der Waals surface area (Å²) < 4.78 is 2.30. The molecule has 3 aromatic rings. The summed E-state index contributed by atoms with van der Waals surface area (Å²) >= 11 is 0. The van der Waals surface area contributed by atoms with Crippen LogP contribution in [0.1, 0.15) is 102 Å². The summed E-state index contributed by atoms with van der Waals surface area (Å²) in [5, 5.41) is 13.5. The van der Waals surface area contributed by atoms with Gasteiger partial charge in [-0.3, -0.25) is 0 Å². The predicted octanol–water partition coefficient (Wildman–Crippen LogP) is 8.84. The molecule has 0 radical (unpaired) electrons. The molecule has 2 N–H and O–H groups in total. The second-order valence-corrected chi connectivity index (χ2v) is 9.65. The average Bonchev–Trinajstić information content (AvgIpc) is 3.21. The van der Waals surface area contributed by atoms with Crippen LogP contribution in [0, 0.1) is 0 Å². The number of nitrogens with zero attached hydrogens (tertiary/aromatic N) is 2. The third-order valence-electron chi connectivity index (χ3n) is 6.82. The number of para-hydroxylation sites is 3. The zero-order chi connectivity index (χ0) is 23.8. The van der Waals surface area contributed by atoms with Gasteiger partial charge < -0.3 is 15.0 Å². The molecule has 0 aliphatic carbocycles. The van der Waals surface area contributed by atoms with Crippen molar-refractivity contribution < 1.29 is 5.11 Å². The van der Waals surface area contributed by atoms with Crippen LogP contribution >= 0.6 is 0 Å². The van der Waals surface area contributed by atoms with Gasteiger partial charge in [-0.25, -0.2) is 4.98 Å². The number of hydrogen-bond donors (Lipinski definition) is 2. The minimum atomic E-state index is 0.324. The number of fused-ring (bicyclic) bond motifs is 1. The summed E-state index contributed by atoms with van der Waals surface area (Å²) in [6.45, 7) is 3.82. The number of aromatic hydroxyl groups is 1. The van der Waals surface area contributed by atoms with E-state index in [0.717, 1.165) is 23.6 Å². The number of unbranched alkanes of at least 4 members (excludes halogenated alkanes) is 13. The molecular formula is C30H45N3O. The van der Waals surface area contributed by atoms with E-state index in [1.54, 1.807) is 6.07 Å². The van der Waals surface area contributed by atoms with Crippen molar-refractivity contribution in [1.82, 2.24) is 9.55 Å². The van der Waals surface area contributed by atoms with Gasteiger partial charge in [0.2, 0.25) is 5.95 Å². The van der Waals surface area contributed by atoms with Crippen molar-refractivity contribution in [3.05, 3.63) is 54.1 Å². The highest BCUT2D eigenvalue weighted by atomic mass is 16.3. The number of imidazole rings is 1. The topological polar surface area (TPSA) is 50.1 Å². The summed E-state index contributed by atoms with van der Waals surface area (Å²) in [6.07, 6.45) is 19.2. The molecule has 186 valence electrons. The molecule has 0 atom stereocenters. The van der Waals surface area contributed by atoms with E-state index in [4.69, 9.17) is 4.98 Å². The van der Waals surface area contributed by atoms with E-state index in [0.29, 0.717) is 12.3 Å². The van der Waals surface area contributed by atoms with Gasteiger partial charge in [0.05, 0.1) is 11.0 Å². The van der Waals surface area contributed by atoms with Crippen LogP contribution < -0.4 is 5.32 Å². The fraction of sp³-hybridized carbons (Fsp3) is 0.567. The third kappa shape index (κ3) is 8.70. The summed E-state index contributed by atoms with van der Waals surface area (Å²) in [5.74, 6) is 1.21. The quantitative estimate of drug-likeness (QED) is 0.185. The number of benzene rings is 2. The molecule has 4 heteroatoms. The largest absolute Gasteiger partial charge is 0.508 e. The Labute approximate surface area is 206 Å². The molecule has 1 aromatic heterocycles. The van der Waals surface area contributed by atoms with Crippen molar-refractivity contribution in [3.8, 4) is 5.75 Å². The van der Waals surface area contributed by atoms with E-state index >= 15 is 0 Å². The van der Waals surface area contributed by atoms with E-state index in [-0.39, 0.29) is 0 Å². The molecule has 0 unspecified atom stereocenters. The van der Waals surface area contributed by atoms with Crippen molar-refractivity contribution >= 4 is 17.0 Å². The maximum atomic E-state index is 10.1. The monoisotopic (exact) mass is 463 g/mol. The zero-order valence-electron chi connectivity index (χ0n) is 21.3. The highest BCUT2D eigenvalue weighted by Crippen LogP contribution is 2.23. The lowest BCUT2D eigenvalue weighted by atomic mass is 10.0. The van der Waals surface area contributed by atoms with E-state index in [2.05, 4.69) is 35.0 Å². The SMILES string of the molecule is CCCCCCCCCCCCCCCCn1c(NCc2ccccc2O)nc2ccccc21. The summed E-state index contributed by atoms with van der Waals surface area (Å²) in [6, 6.07) is 15.8. The molecule has 0 saturated carbocycles. The molecule has 0 spiro atoms. The summed E-state index contributed by atoms with van der Waals surface area (Å²) in [4.78, 5) is 4.81. The van der Waals surface area contributed by atoms with E-state index in [1.165, 1.54) is 95.4 Å².